The Morgan fingerprint density at radius 1 is 1.50 bits per heavy atom. The second-order valence-electron chi connectivity index (χ2n) is 6.14. The zero-order valence-electron chi connectivity index (χ0n) is 13.2. The van der Waals surface area contributed by atoms with Gasteiger partial charge in [-0.15, -0.1) is 11.3 Å². The van der Waals surface area contributed by atoms with Crippen LogP contribution in [0.2, 0.25) is 0 Å². The van der Waals surface area contributed by atoms with Gasteiger partial charge in [0.2, 0.25) is 0 Å². The summed E-state index contributed by atoms with van der Waals surface area (Å²) in [6, 6.07) is 7.88. The molecule has 1 aromatic heterocycles. The van der Waals surface area contributed by atoms with Gasteiger partial charge in [-0.25, -0.2) is 4.98 Å². The normalized spacial score (nSPS) is 22.6. The topological polar surface area (TPSA) is 73.7 Å². The van der Waals surface area contributed by atoms with Crippen LogP contribution in [-0.2, 0) is 11.3 Å². The number of rotatable bonds is 5. The van der Waals surface area contributed by atoms with Crippen LogP contribution in [0.15, 0.2) is 34.9 Å². The van der Waals surface area contributed by atoms with Crippen molar-refractivity contribution in [2.45, 2.75) is 25.5 Å². The third-order valence-electron chi connectivity index (χ3n) is 4.30. The molecule has 5 nitrogen and oxygen atoms in total. The van der Waals surface area contributed by atoms with Gasteiger partial charge in [0, 0.05) is 41.1 Å². The molecule has 1 aliphatic rings. The van der Waals surface area contributed by atoms with Crippen LogP contribution in [0.25, 0.3) is 0 Å². The van der Waals surface area contributed by atoms with Gasteiger partial charge >= 0.3 is 5.97 Å². The van der Waals surface area contributed by atoms with Crippen molar-refractivity contribution in [2.24, 2.45) is 5.92 Å². The SMILES string of the molecule is CC(O)c1ncc(CN2C[C@H](C(=O)O)[C@@H](c3cccc(Br)c3)C2)s1. The van der Waals surface area contributed by atoms with Gasteiger partial charge in [-0.1, -0.05) is 28.1 Å². The van der Waals surface area contributed by atoms with E-state index in [1.165, 1.54) is 11.3 Å². The van der Waals surface area contributed by atoms with Gasteiger partial charge in [0.05, 0.1) is 5.92 Å². The number of carbonyl (C=O) groups is 1. The van der Waals surface area contributed by atoms with E-state index in [-0.39, 0.29) is 5.92 Å². The van der Waals surface area contributed by atoms with E-state index in [9.17, 15) is 15.0 Å². The van der Waals surface area contributed by atoms with Crippen LogP contribution < -0.4 is 0 Å². The molecule has 24 heavy (non-hydrogen) atoms. The number of carboxylic acid groups (broad SMARTS) is 1. The number of hydrogen-bond donors (Lipinski definition) is 2. The molecule has 0 saturated carbocycles. The molecule has 1 fully saturated rings. The van der Waals surface area contributed by atoms with Crippen molar-refractivity contribution in [1.82, 2.24) is 9.88 Å². The van der Waals surface area contributed by atoms with Crippen molar-refractivity contribution < 1.29 is 15.0 Å². The Kier molecular flexibility index (Phi) is 5.34. The van der Waals surface area contributed by atoms with Crippen LogP contribution in [0.3, 0.4) is 0 Å². The first-order valence-corrected chi connectivity index (χ1v) is 9.38. The maximum absolute atomic E-state index is 11.7. The molecule has 1 saturated heterocycles. The Balaban J connectivity index is 1.76. The molecule has 3 rings (SSSR count). The van der Waals surface area contributed by atoms with Gasteiger partial charge in [-0.2, -0.15) is 0 Å². The maximum Gasteiger partial charge on any atom is 0.308 e. The van der Waals surface area contributed by atoms with Gasteiger partial charge in [-0.3, -0.25) is 9.69 Å². The Labute approximate surface area is 153 Å². The largest absolute Gasteiger partial charge is 0.481 e. The molecule has 7 heteroatoms. The third-order valence-corrected chi connectivity index (χ3v) is 5.94. The maximum atomic E-state index is 11.7. The first-order valence-electron chi connectivity index (χ1n) is 7.77. The van der Waals surface area contributed by atoms with Crippen molar-refractivity contribution in [3.05, 3.63) is 50.4 Å². The van der Waals surface area contributed by atoms with Gasteiger partial charge in [0.15, 0.2) is 0 Å². The summed E-state index contributed by atoms with van der Waals surface area (Å²) < 4.78 is 0.964. The lowest BCUT2D eigenvalue weighted by atomic mass is 9.89. The smallest absolute Gasteiger partial charge is 0.308 e. The molecule has 1 aromatic carbocycles. The summed E-state index contributed by atoms with van der Waals surface area (Å²) in [6.07, 6.45) is 1.21. The molecule has 2 heterocycles. The Bertz CT molecular complexity index is 734. The summed E-state index contributed by atoms with van der Waals surface area (Å²) in [7, 11) is 0. The van der Waals surface area contributed by atoms with E-state index in [2.05, 4.69) is 25.8 Å². The van der Waals surface area contributed by atoms with Crippen LogP contribution in [-0.4, -0.2) is 39.2 Å². The summed E-state index contributed by atoms with van der Waals surface area (Å²) in [5, 5.41) is 19.9. The van der Waals surface area contributed by atoms with E-state index in [1.807, 2.05) is 24.3 Å². The summed E-state index contributed by atoms with van der Waals surface area (Å²) in [5.41, 5.74) is 1.05. The zero-order chi connectivity index (χ0) is 17.3. The average molecular weight is 411 g/mol. The molecule has 1 aliphatic heterocycles. The molecule has 2 aromatic rings. The van der Waals surface area contributed by atoms with Gasteiger partial charge < -0.3 is 10.2 Å². The molecule has 0 amide bonds. The van der Waals surface area contributed by atoms with Crippen LogP contribution in [0.4, 0.5) is 0 Å². The standard InChI is InChI=1S/C17H19BrN2O3S/c1-10(21)16-19-6-13(24-16)7-20-8-14(15(9-20)17(22)23)11-3-2-4-12(18)5-11/h2-6,10,14-15,21H,7-9H2,1H3,(H,22,23)/t10?,14-,15+/m1/s1. The highest BCUT2D eigenvalue weighted by Gasteiger charge is 2.38. The van der Waals surface area contributed by atoms with Crippen molar-refractivity contribution in [1.29, 1.82) is 0 Å². The molecule has 0 radical (unpaired) electrons. The number of aliphatic hydroxyl groups is 1. The van der Waals surface area contributed by atoms with E-state index in [0.29, 0.717) is 24.6 Å². The minimum absolute atomic E-state index is 0.0239. The number of benzene rings is 1. The summed E-state index contributed by atoms with van der Waals surface area (Å²) in [5.74, 6) is -1.19. The van der Waals surface area contributed by atoms with E-state index in [4.69, 9.17) is 0 Å². The second-order valence-corrected chi connectivity index (χ2v) is 8.20. The van der Waals surface area contributed by atoms with E-state index >= 15 is 0 Å². The number of hydrogen-bond acceptors (Lipinski definition) is 5. The number of likely N-dealkylation sites (tertiary alicyclic amines) is 1. The predicted molar refractivity (Wildman–Crippen MR) is 96.0 cm³/mol. The Morgan fingerprint density at radius 3 is 2.92 bits per heavy atom. The second kappa shape index (κ2) is 7.31. The Hall–Kier alpha value is -1.28. The van der Waals surface area contributed by atoms with Crippen LogP contribution in [0.1, 0.15) is 34.4 Å². The van der Waals surface area contributed by atoms with Crippen molar-refractivity contribution >= 4 is 33.2 Å². The highest BCUT2D eigenvalue weighted by atomic mass is 79.9. The fourth-order valence-corrected chi connectivity index (χ4v) is 4.46. The van der Waals surface area contributed by atoms with Crippen molar-refractivity contribution in [3.8, 4) is 0 Å². The van der Waals surface area contributed by atoms with Crippen molar-refractivity contribution in [2.75, 3.05) is 13.1 Å². The number of aliphatic hydroxyl groups excluding tert-OH is 1. The quantitative estimate of drug-likeness (QED) is 0.790. The number of thiazole rings is 1. The molecule has 0 aliphatic carbocycles. The lowest BCUT2D eigenvalue weighted by molar-refractivity contribution is -0.141. The number of nitrogens with zero attached hydrogens (tertiary/aromatic N) is 2. The lowest BCUT2D eigenvalue weighted by Gasteiger charge is -2.15. The highest BCUT2D eigenvalue weighted by Crippen LogP contribution is 2.35. The van der Waals surface area contributed by atoms with Crippen LogP contribution in [0.5, 0.6) is 0 Å². The first-order chi connectivity index (χ1) is 11.4. The average Bonchev–Trinajstić information content (AvgIpc) is 3.15. The van der Waals surface area contributed by atoms with Crippen LogP contribution in [0, 0.1) is 5.92 Å². The fraction of sp³-hybridized carbons (Fsp3) is 0.412. The zero-order valence-corrected chi connectivity index (χ0v) is 15.6. The van der Waals surface area contributed by atoms with Gasteiger partial charge in [0.1, 0.15) is 11.1 Å². The predicted octanol–water partition coefficient (Wildman–Crippen LogP) is 3.26. The molecular weight excluding hydrogens is 392 g/mol. The molecule has 3 atom stereocenters. The summed E-state index contributed by atoms with van der Waals surface area (Å²) in [6.45, 7) is 3.59. The van der Waals surface area contributed by atoms with E-state index in [1.54, 1.807) is 13.1 Å². The molecule has 0 spiro atoms. The van der Waals surface area contributed by atoms with Gasteiger partial charge in [-0.05, 0) is 24.6 Å². The first kappa shape index (κ1) is 17.5. The number of halogens is 1. The lowest BCUT2D eigenvalue weighted by Crippen LogP contribution is -2.23. The molecule has 2 N–H and O–H groups in total. The molecule has 0 bridgehead atoms. The van der Waals surface area contributed by atoms with E-state index < -0.39 is 18.0 Å². The Morgan fingerprint density at radius 2 is 2.29 bits per heavy atom. The minimum atomic E-state index is -0.753. The van der Waals surface area contributed by atoms with Crippen molar-refractivity contribution in [3.63, 3.8) is 0 Å². The van der Waals surface area contributed by atoms with Gasteiger partial charge in [0.25, 0.3) is 0 Å². The number of aliphatic carboxylic acids is 1. The highest BCUT2D eigenvalue weighted by molar-refractivity contribution is 9.10. The number of carboxylic acids is 1. The third kappa shape index (κ3) is 3.85. The number of aromatic nitrogens is 1. The monoisotopic (exact) mass is 410 g/mol. The minimum Gasteiger partial charge on any atom is -0.481 e. The summed E-state index contributed by atoms with van der Waals surface area (Å²) in [4.78, 5) is 19.1. The molecule has 1 unspecified atom stereocenters. The van der Waals surface area contributed by atoms with E-state index in [0.717, 1.165) is 14.9 Å². The molecular formula is C17H19BrN2O3S. The fourth-order valence-electron chi connectivity index (χ4n) is 3.15. The van der Waals surface area contributed by atoms with Crippen LogP contribution >= 0.6 is 27.3 Å². The summed E-state index contributed by atoms with van der Waals surface area (Å²) >= 11 is 4.94. The molecule has 128 valence electrons.